The van der Waals surface area contributed by atoms with Gasteiger partial charge in [-0.1, -0.05) is 36.4 Å². The van der Waals surface area contributed by atoms with Crippen LogP contribution in [0.3, 0.4) is 0 Å². The normalized spacial score (nSPS) is 12.1. The number of likely N-dealkylation sites (N-methyl/N-ethyl adjacent to an activating group) is 1. The van der Waals surface area contributed by atoms with Crippen molar-refractivity contribution in [3.05, 3.63) is 64.4 Å². The highest BCUT2D eigenvalue weighted by atomic mass is 16.5. The standard InChI is InChI=1S/C17H22N2O3/c1-18(16-9-6-10-17(21)19(16)2)11-15(20)13-22-12-14-7-4-3-5-8-14/h3-10,15,20H,11-13H2,1-2H3. The molecule has 0 aliphatic rings. The molecule has 118 valence electrons. The van der Waals surface area contributed by atoms with Crippen LogP contribution in [0, 0.1) is 0 Å². The minimum Gasteiger partial charge on any atom is -0.389 e. The molecule has 2 aromatic rings. The molecule has 2 rings (SSSR count). The summed E-state index contributed by atoms with van der Waals surface area (Å²) in [5, 5.41) is 10.1. The van der Waals surface area contributed by atoms with Crippen LogP contribution in [-0.4, -0.2) is 36.0 Å². The predicted octanol–water partition coefficient (Wildman–Crippen LogP) is 1.40. The molecule has 1 aromatic carbocycles. The van der Waals surface area contributed by atoms with Gasteiger partial charge in [-0.3, -0.25) is 9.36 Å². The Morgan fingerprint density at radius 2 is 1.91 bits per heavy atom. The molecule has 1 heterocycles. The molecule has 1 atom stereocenters. The minimum atomic E-state index is -0.621. The van der Waals surface area contributed by atoms with E-state index in [1.807, 2.05) is 48.3 Å². The molecular formula is C17H22N2O3. The Hall–Kier alpha value is -2.11. The van der Waals surface area contributed by atoms with E-state index in [1.54, 1.807) is 17.7 Å². The van der Waals surface area contributed by atoms with Gasteiger partial charge in [-0.05, 0) is 11.6 Å². The molecule has 0 spiro atoms. The van der Waals surface area contributed by atoms with Gasteiger partial charge in [0, 0.05) is 26.7 Å². The van der Waals surface area contributed by atoms with Crippen LogP contribution in [-0.2, 0) is 18.4 Å². The second kappa shape index (κ2) is 7.77. The molecular weight excluding hydrogens is 280 g/mol. The smallest absolute Gasteiger partial charge is 0.251 e. The van der Waals surface area contributed by atoms with Crippen LogP contribution in [0.2, 0.25) is 0 Å². The van der Waals surface area contributed by atoms with Gasteiger partial charge >= 0.3 is 0 Å². The van der Waals surface area contributed by atoms with E-state index in [2.05, 4.69) is 0 Å². The maximum absolute atomic E-state index is 11.6. The number of benzene rings is 1. The lowest BCUT2D eigenvalue weighted by Gasteiger charge is -2.24. The number of ether oxygens (including phenoxy) is 1. The molecule has 1 N–H and O–H groups in total. The summed E-state index contributed by atoms with van der Waals surface area (Å²) in [7, 11) is 3.56. The van der Waals surface area contributed by atoms with Crippen molar-refractivity contribution in [1.29, 1.82) is 0 Å². The van der Waals surface area contributed by atoms with Gasteiger partial charge in [0.15, 0.2) is 0 Å². The molecule has 0 fully saturated rings. The van der Waals surface area contributed by atoms with E-state index >= 15 is 0 Å². The van der Waals surface area contributed by atoms with Gasteiger partial charge in [0.05, 0.1) is 19.3 Å². The first-order valence-corrected chi connectivity index (χ1v) is 7.25. The van der Waals surface area contributed by atoms with E-state index < -0.39 is 6.10 Å². The largest absolute Gasteiger partial charge is 0.389 e. The molecule has 1 unspecified atom stereocenters. The van der Waals surface area contributed by atoms with Crippen molar-refractivity contribution in [2.75, 3.05) is 25.1 Å². The van der Waals surface area contributed by atoms with Crippen LogP contribution >= 0.6 is 0 Å². The number of hydrogen-bond donors (Lipinski definition) is 1. The van der Waals surface area contributed by atoms with Crippen LogP contribution in [0.1, 0.15) is 5.56 Å². The summed E-state index contributed by atoms with van der Waals surface area (Å²) in [6, 6.07) is 14.9. The third-order valence-electron chi connectivity index (χ3n) is 3.46. The first-order valence-electron chi connectivity index (χ1n) is 7.25. The van der Waals surface area contributed by atoms with E-state index in [1.165, 1.54) is 6.07 Å². The molecule has 0 radical (unpaired) electrons. The van der Waals surface area contributed by atoms with Crippen molar-refractivity contribution in [3.63, 3.8) is 0 Å². The molecule has 22 heavy (non-hydrogen) atoms. The fourth-order valence-corrected chi connectivity index (χ4v) is 2.29. The van der Waals surface area contributed by atoms with Gasteiger partial charge in [-0.15, -0.1) is 0 Å². The molecule has 0 bridgehead atoms. The number of hydrogen-bond acceptors (Lipinski definition) is 4. The summed E-state index contributed by atoms with van der Waals surface area (Å²) < 4.78 is 7.08. The monoisotopic (exact) mass is 302 g/mol. The zero-order chi connectivity index (χ0) is 15.9. The first-order chi connectivity index (χ1) is 10.6. The number of anilines is 1. The zero-order valence-corrected chi connectivity index (χ0v) is 13.0. The van der Waals surface area contributed by atoms with Crippen LogP contribution in [0.15, 0.2) is 53.3 Å². The zero-order valence-electron chi connectivity index (χ0n) is 13.0. The van der Waals surface area contributed by atoms with E-state index in [0.717, 1.165) is 11.4 Å². The van der Waals surface area contributed by atoms with Crippen molar-refractivity contribution in [2.24, 2.45) is 7.05 Å². The van der Waals surface area contributed by atoms with Crippen molar-refractivity contribution >= 4 is 5.82 Å². The number of nitrogens with zero attached hydrogens (tertiary/aromatic N) is 2. The predicted molar refractivity (Wildman–Crippen MR) is 87.1 cm³/mol. The molecule has 0 aliphatic heterocycles. The summed E-state index contributed by atoms with van der Waals surface area (Å²) in [5.41, 5.74) is 1.01. The Bertz CT molecular complexity index is 640. The Labute approximate surface area is 130 Å². The summed E-state index contributed by atoms with van der Waals surface area (Å²) in [6.45, 7) is 1.12. The second-order valence-corrected chi connectivity index (χ2v) is 5.32. The SMILES string of the molecule is CN(CC(O)COCc1ccccc1)c1cccc(=O)n1C. The lowest BCUT2D eigenvalue weighted by Crippen LogP contribution is -2.35. The van der Waals surface area contributed by atoms with Crippen molar-refractivity contribution in [2.45, 2.75) is 12.7 Å². The van der Waals surface area contributed by atoms with Crippen LogP contribution in [0.4, 0.5) is 5.82 Å². The summed E-state index contributed by atoms with van der Waals surface area (Å²) in [4.78, 5) is 13.5. The number of pyridine rings is 1. The van der Waals surface area contributed by atoms with Gasteiger partial charge in [-0.2, -0.15) is 0 Å². The maximum atomic E-state index is 11.6. The van der Waals surface area contributed by atoms with E-state index in [9.17, 15) is 9.90 Å². The minimum absolute atomic E-state index is 0.0702. The summed E-state index contributed by atoms with van der Waals surface area (Å²) >= 11 is 0. The molecule has 5 heteroatoms. The number of aliphatic hydroxyl groups excluding tert-OH is 1. The lowest BCUT2D eigenvalue weighted by atomic mass is 10.2. The topological polar surface area (TPSA) is 54.7 Å². The quantitative estimate of drug-likeness (QED) is 0.840. The van der Waals surface area contributed by atoms with Gasteiger partial charge < -0.3 is 14.7 Å². The molecule has 0 saturated carbocycles. The van der Waals surface area contributed by atoms with Crippen molar-refractivity contribution < 1.29 is 9.84 Å². The van der Waals surface area contributed by atoms with Crippen LogP contribution in [0.25, 0.3) is 0 Å². The summed E-state index contributed by atoms with van der Waals surface area (Å²) in [5.74, 6) is 0.759. The fourth-order valence-electron chi connectivity index (χ4n) is 2.29. The highest BCUT2D eigenvalue weighted by Gasteiger charge is 2.11. The molecule has 0 amide bonds. The average Bonchev–Trinajstić information content (AvgIpc) is 2.51. The van der Waals surface area contributed by atoms with Gasteiger partial charge in [0.1, 0.15) is 5.82 Å². The van der Waals surface area contributed by atoms with Gasteiger partial charge in [-0.25, -0.2) is 0 Å². The molecule has 0 aliphatic carbocycles. The second-order valence-electron chi connectivity index (χ2n) is 5.32. The van der Waals surface area contributed by atoms with Crippen LogP contribution in [0.5, 0.6) is 0 Å². The number of rotatable bonds is 7. The molecule has 0 saturated heterocycles. The van der Waals surface area contributed by atoms with Gasteiger partial charge in [0.2, 0.25) is 0 Å². The van der Waals surface area contributed by atoms with E-state index in [-0.39, 0.29) is 12.2 Å². The molecule has 1 aromatic heterocycles. The first kappa shape index (κ1) is 16.3. The highest BCUT2D eigenvalue weighted by molar-refractivity contribution is 5.38. The Kier molecular flexibility index (Phi) is 5.75. The summed E-state index contributed by atoms with van der Waals surface area (Å²) in [6.07, 6.45) is -0.621. The fraction of sp³-hybridized carbons (Fsp3) is 0.353. The maximum Gasteiger partial charge on any atom is 0.251 e. The average molecular weight is 302 g/mol. The lowest BCUT2D eigenvalue weighted by molar-refractivity contribution is 0.0323. The molecule has 5 nitrogen and oxygen atoms in total. The van der Waals surface area contributed by atoms with Crippen LogP contribution < -0.4 is 10.5 Å². The Morgan fingerprint density at radius 3 is 2.64 bits per heavy atom. The van der Waals surface area contributed by atoms with Crippen molar-refractivity contribution in [3.8, 4) is 0 Å². The Morgan fingerprint density at radius 1 is 1.18 bits per heavy atom. The number of aromatic nitrogens is 1. The number of aliphatic hydroxyl groups is 1. The highest BCUT2D eigenvalue weighted by Crippen LogP contribution is 2.09. The van der Waals surface area contributed by atoms with Crippen molar-refractivity contribution in [1.82, 2.24) is 4.57 Å². The van der Waals surface area contributed by atoms with E-state index in [4.69, 9.17) is 4.74 Å². The van der Waals surface area contributed by atoms with Gasteiger partial charge in [0.25, 0.3) is 5.56 Å². The Balaban J connectivity index is 1.82. The third kappa shape index (κ3) is 4.44. The van der Waals surface area contributed by atoms with E-state index in [0.29, 0.717) is 13.2 Å². The third-order valence-corrected chi connectivity index (χ3v) is 3.46.